The molecule has 0 aromatic carbocycles. The molecule has 0 radical (unpaired) electrons. The molecule has 2 aliphatic rings. The molecule has 3 atom stereocenters. The highest BCUT2D eigenvalue weighted by molar-refractivity contribution is 5.87. The van der Waals surface area contributed by atoms with Gasteiger partial charge in [-0.1, -0.05) is 12.2 Å². The molecule has 0 unspecified atom stereocenters. The van der Waals surface area contributed by atoms with Gasteiger partial charge in [-0.25, -0.2) is 4.79 Å². The minimum Gasteiger partial charge on any atom is -0.451 e. The van der Waals surface area contributed by atoms with E-state index < -0.39 is 24.3 Å². The summed E-state index contributed by atoms with van der Waals surface area (Å²) in [4.78, 5) is 10.7. The lowest BCUT2D eigenvalue weighted by molar-refractivity contribution is -0.145. The molecule has 0 fully saturated rings. The van der Waals surface area contributed by atoms with Crippen molar-refractivity contribution in [2.75, 3.05) is 0 Å². The summed E-state index contributed by atoms with van der Waals surface area (Å²) in [6.07, 6.45) is 1.68. The summed E-state index contributed by atoms with van der Waals surface area (Å²) in [5, 5.41) is 18.5. The van der Waals surface area contributed by atoms with Crippen molar-refractivity contribution in [3.63, 3.8) is 0 Å². The molecule has 0 aromatic rings. The van der Waals surface area contributed by atoms with Crippen LogP contribution in [0.5, 0.6) is 0 Å². The zero-order valence-corrected chi connectivity index (χ0v) is 6.18. The van der Waals surface area contributed by atoms with Crippen LogP contribution in [0.3, 0.4) is 0 Å². The fourth-order valence-corrected chi connectivity index (χ4v) is 1.36. The quantitative estimate of drug-likeness (QED) is 0.461. The number of carbonyl (C=O) groups is 1. The first-order valence-electron chi connectivity index (χ1n) is 3.65. The second kappa shape index (κ2) is 2.43. The third kappa shape index (κ3) is 0.964. The van der Waals surface area contributed by atoms with Gasteiger partial charge in [-0.3, -0.25) is 0 Å². The maximum atomic E-state index is 10.7. The first-order valence-corrected chi connectivity index (χ1v) is 3.65. The SMILES string of the molecule is O=C1C=C2C=C[C@H](O)[C@H](O)[C@@H]2O1. The number of hydrogen-bond donors (Lipinski definition) is 2. The molecule has 4 nitrogen and oxygen atoms in total. The first-order chi connectivity index (χ1) is 5.68. The van der Waals surface area contributed by atoms with Crippen molar-refractivity contribution in [3.05, 3.63) is 23.8 Å². The minimum absolute atomic E-state index is 0.465. The average molecular weight is 168 g/mol. The van der Waals surface area contributed by atoms with Crippen molar-refractivity contribution < 1.29 is 19.7 Å². The molecule has 2 N–H and O–H groups in total. The molecule has 4 heteroatoms. The zero-order valence-electron chi connectivity index (χ0n) is 6.18. The summed E-state index contributed by atoms with van der Waals surface area (Å²) in [5.74, 6) is -0.465. The topological polar surface area (TPSA) is 66.8 Å². The monoisotopic (exact) mass is 168 g/mol. The Labute approximate surface area is 68.8 Å². The van der Waals surface area contributed by atoms with E-state index in [0.29, 0.717) is 5.57 Å². The Hall–Kier alpha value is -1.13. The van der Waals surface area contributed by atoms with Crippen LogP contribution >= 0.6 is 0 Å². The van der Waals surface area contributed by atoms with E-state index in [1.807, 2.05) is 0 Å². The highest BCUT2D eigenvalue weighted by Gasteiger charge is 2.37. The largest absolute Gasteiger partial charge is 0.451 e. The molecule has 12 heavy (non-hydrogen) atoms. The van der Waals surface area contributed by atoms with Crippen molar-refractivity contribution in [2.24, 2.45) is 0 Å². The van der Waals surface area contributed by atoms with Gasteiger partial charge < -0.3 is 14.9 Å². The molecule has 1 aliphatic carbocycles. The Morgan fingerprint density at radius 1 is 1.42 bits per heavy atom. The lowest BCUT2D eigenvalue weighted by atomic mass is 9.95. The van der Waals surface area contributed by atoms with E-state index in [-0.39, 0.29) is 0 Å². The fraction of sp³-hybridized carbons (Fsp3) is 0.375. The van der Waals surface area contributed by atoms with Crippen molar-refractivity contribution in [2.45, 2.75) is 18.3 Å². The highest BCUT2D eigenvalue weighted by atomic mass is 16.6. The minimum atomic E-state index is -1.03. The molecule has 0 saturated heterocycles. The van der Waals surface area contributed by atoms with Gasteiger partial charge in [0.25, 0.3) is 0 Å². The van der Waals surface area contributed by atoms with E-state index in [1.165, 1.54) is 12.2 Å². The van der Waals surface area contributed by atoms with Crippen molar-refractivity contribution >= 4 is 5.97 Å². The number of carbonyl (C=O) groups excluding carboxylic acids is 1. The Bertz CT molecular complexity index is 279. The predicted octanol–water partition coefficient (Wildman–Crippen LogP) is -0.870. The van der Waals surface area contributed by atoms with Crippen LogP contribution in [0.15, 0.2) is 23.8 Å². The molecule has 64 valence electrons. The van der Waals surface area contributed by atoms with Crippen LogP contribution in [0.2, 0.25) is 0 Å². The van der Waals surface area contributed by atoms with Gasteiger partial charge >= 0.3 is 5.97 Å². The molecule has 1 aliphatic heterocycles. The maximum Gasteiger partial charge on any atom is 0.331 e. The first kappa shape index (κ1) is 7.52. The fourth-order valence-electron chi connectivity index (χ4n) is 1.36. The normalized spacial score (nSPS) is 39.0. The van der Waals surface area contributed by atoms with Gasteiger partial charge in [0, 0.05) is 11.6 Å². The number of aliphatic hydroxyl groups excluding tert-OH is 2. The van der Waals surface area contributed by atoms with Gasteiger partial charge in [-0.05, 0) is 0 Å². The molecular formula is C8H8O4. The Morgan fingerprint density at radius 2 is 2.17 bits per heavy atom. The number of rotatable bonds is 0. The predicted molar refractivity (Wildman–Crippen MR) is 39.1 cm³/mol. The summed E-state index contributed by atoms with van der Waals surface area (Å²) < 4.78 is 4.76. The number of aliphatic hydroxyl groups is 2. The van der Waals surface area contributed by atoms with Gasteiger partial charge in [-0.2, -0.15) is 0 Å². The van der Waals surface area contributed by atoms with E-state index in [1.54, 1.807) is 6.08 Å². The van der Waals surface area contributed by atoms with Gasteiger partial charge in [0.2, 0.25) is 0 Å². The van der Waals surface area contributed by atoms with E-state index in [2.05, 4.69) is 0 Å². The van der Waals surface area contributed by atoms with Crippen LogP contribution < -0.4 is 0 Å². The summed E-state index contributed by atoms with van der Waals surface area (Å²) in [7, 11) is 0. The Morgan fingerprint density at radius 3 is 2.92 bits per heavy atom. The van der Waals surface area contributed by atoms with Gasteiger partial charge in [0.05, 0.1) is 0 Å². The van der Waals surface area contributed by atoms with Gasteiger partial charge in [0.15, 0.2) is 6.10 Å². The number of fused-ring (bicyclic) bond motifs is 1. The molecule has 2 rings (SSSR count). The molecule has 0 bridgehead atoms. The standard InChI is InChI=1S/C8H8O4/c9-5-2-1-4-3-6(10)12-8(4)7(5)11/h1-3,5,7-9,11H/t5-,7-,8+/m0/s1. The second-order valence-electron chi connectivity index (χ2n) is 2.84. The van der Waals surface area contributed by atoms with Gasteiger partial charge in [0.1, 0.15) is 12.2 Å². The third-order valence-corrected chi connectivity index (χ3v) is 2.00. The lowest BCUT2D eigenvalue weighted by Crippen LogP contribution is -2.39. The number of ether oxygens (including phenoxy) is 1. The highest BCUT2D eigenvalue weighted by Crippen LogP contribution is 2.26. The van der Waals surface area contributed by atoms with Crippen LogP contribution in [0.4, 0.5) is 0 Å². The van der Waals surface area contributed by atoms with E-state index in [0.717, 1.165) is 0 Å². The number of esters is 1. The zero-order chi connectivity index (χ0) is 8.72. The summed E-state index contributed by atoms with van der Waals surface area (Å²) in [5.41, 5.74) is 0.623. The van der Waals surface area contributed by atoms with E-state index in [4.69, 9.17) is 9.84 Å². The molecule has 0 amide bonds. The maximum absolute atomic E-state index is 10.7. The Kier molecular flexibility index (Phi) is 1.52. The number of hydrogen-bond acceptors (Lipinski definition) is 4. The van der Waals surface area contributed by atoms with Crippen LogP contribution in [-0.4, -0.2) is 34.5 Å². The van der Waals surface area contributed by atoms with Crippen LogP contribution in [-0.2, 0) is 9.53 Å². The Balaban J connectivity index is 2.32. The molecular weight excluding hydrogens is 160 g/mol. The van der Waals surface area contributed by atoms with Gasteiger partial charge in [-0.15, -0.1) is 0 Å². The molecule has 0 saturated carbocycles. The summed E-state index contributed by atoms with van der Waals surface area (Å²) in [6, 6.07) is 0. The molecule has 0 aromatic heterocycles. The van der Waals surface area contributed by atoms with E-state index >= 15 is 0 Å². The summed E-state index contributed by atoms with van der Waals surface area (Å²) in [6.45, 7) is 0. The second-order valence-corrected chi connectivity index (χ2v) is 2.84. The molecule has 0 spiro atoms. The lowest BCUT2D eigenvalue weighted by Gasteiger charge is -2.25. The molecule has 1 heterocycles. The van der Waals surface area contributed by atoms with Crippen LogP contribution in [0.25, 0.3) is 0 Å². The third-order valence-electron chi connectivity index (χ3n) is 2.00. The van der Waals surface area contributed by atoms with Crippen molar-refractivity contribution in [1.82, 2.24) is 0 Å². The van der Waals surface area contributed by atoms with Crippen molar-refractivity contribution in [3.8, 4) is 0 Å². The smallest absolute Gasteiger partial charge is 0.331 e. The van der Waals surface area contributed by atoms with E-state index in [9.17, 15) is 9.90 Å². The summed E-state index contributed by atoms with van der Waals surface area (Å²) >= 11 is 0. The van der Waals surface area contributed by atoms with Crippen molar-refractivity contribution in [1.29, 1.82) is 0 Å². The average Bonchev–Trinajstić information content (AvgIpc) is 2.39. The van der Waals surface area contributed by atoms with Crippen LogP contribution in [0.1, 0.15) is 0 Å². The van der Waals surface area contributed by atoms with Crippen LogP contribution in [0, 0.1) is 0 Å².